The van der Waals surface area contributed by atoms with Crippen LogP contribution in [0.4, 0.5) is 0 Å². The number of carbonyl (C=O) groups excluding carboxylic acids is 1. The van der Waals surface area contributed by atoms with Crippen molar-refractivity contribution in [2.24, 2.45) is 0 Å². The van der Waals surface area contributed by atoms with Gasteiger partial charge in [0, 0.05) is 11.5 Å². The van der Waals surface area contributed by atoms with Gasteiger partial charge < -0.3 is 4.74 Å². The molecule has 3 nitrogen and oxygen atoms in total. The molecule has 0 saturated heterocycles. The SMILES string of the molecule is O=C1O/C(=C/c2ccc3ccccc3n2)c2c(Cl)c(Cl)c(Cl)c(Cl)c21. The first kappa shape index (κ1) is 16.7. The number of aromatic nitrogens is 1. The Morgan fingerprint density at radius 3 is 2.28 bits per heavy atom. The molecule has 0 amide bonds. The van der Waals surface area contributed by atoms with E-state index in [1.165, 1.54) is 0 Å². The molecule has 0 bridgehead atoms. The number of benzene rings is 2. The van der Waals surface area contributed by atoms with Gasteiger partial charge in [-0.2, -0.15) is 0 Å². The van der Waals surface area contributed by atoms with Gasteiger partial charge in [0.1, 0.15) is 5.76 Å². The summed E-state index contributed by atoms with van der Waals surface area (Å²) in [7, 11) is 0. The zero-order valence-corrected chi connectivity index (χ0v) is 15.3. The lowest BCUT2D eigenvalue weighted by Gasteiger charge is -2.07. The van der Waals surface area contributed by atoms with Gasteiger partial charge >= 0.3 is 5.97 Å². The van der Waals surface area contributed by atoms with Gasteiger partial charge in [-0.1, -0.05) is 70.7 Å². The first-order valence-electron chi connectivity index (χ1n) is 7.13. The molecule has 1 aliphatic heterocycles. The number of cyclic esters (lactones) is 1. The second-order valence-corrected chi connectivity index (χ2v) is 6.84. The van der Waals surface area contributed by atoms with Gasteiger partial charge in [-0.15, -0.1) is 0 Å². The molecule has 25 heavy (non-hydrogen) atoms. The zero-order valence-electron chi connectivity index (χ0n) is 12.3. The normalized spacial score (nSPS) is 14.9. The Hall–Kier alpha value is -1.78. The van der Waals surface area contributed by atoms with Crippen molar-refractivity contribution >= 4 is 75.1 Å². The lowest BCUT2D eigenvalue weighted by Crippen LogP contribution is -1.96. The fraction of sp³-hybridized carbons (Fsp3) is 0. The molecule has 0 spiro atoms. The molecule has 4 rings (SSSR count). The number of rotatable bonds is 1. The average molecular weight is 411 g/mol. The van der Waals surface area contributed by atoms with Gasteiger partial charge in [-0.3, -0.25) is 0 Å². The van der Waals surface area contributed by atoms with Crippen molar-refractivity contribution in [3.8, 4) is 0 Å². The summed E-state index contributed by atoms with van der Waals surface area (Å²) >= 11 is 24.5. The molecule has 2 heterocycles. The number of nitrogens with zero attached hydrogens (tertiary/aromatic N) is 1. The van der Waals surface area contributed by atoms with Crippen LogP contribution in [0.1, 0.15) is 21.6 Å². The fourth-order valence-electron chi connectivity index (χ4n) is 2.65. The summed E-state index contributed by atoms with van der Waals surface area (Å²) in [5, 5.41) is 1.23. The van der Waals surface area contributed by atoms with Gasteiger partial charge in [0.2, 0.25) is 0 Å². The number of fused-ring (bicyclic) bond motifs is 2. The third kappa shape index (κ3) is 2.68. The number of esters is 1. The van der Waals surface area contributed by atoms with Crippen molar-refractivity contribution in [1.82, 2.24) is 4.98 Å². The number of carbonyl (C=O) groups is 1. The topological polar surface area (TPSA) is 39.2 Å². The monoisotopic (exact) mass is 409 g/mol. The first-order chi connectivity index (χ1) is 12.0. The molecule has 0 N–H and O–H groups in total. The molecule has 1 aromatic heterocycles. The van der Waals surface area contributed by atoms with Gasteiger partial charge in [0.25, 0.3) is 0 Å². The van der Waals surface area contributed by atoms with Crippen LogP contribution in [0.25, 0.3) is 22.7 Å². The predicted octanol–water partition coefficient (Wildman–Crippen LogP) is 6.52. The minimum Gasteiger partial charge on any atom is -0.422 e. The summed E-state index contributed by atoms with van der Waals surface area (Å²) in [6, 6.07) is 11.4. The molecule has 0 unspecified atom stereocenters. The number of hydrogen-bond donors (Lipinski definition) is 0. The molecule has 7 heteroatoms. The Morgan fingerprint density at radius 1 is 0.840 bits per heavy atom. The Bertz CT molecular complexity index is 1090. The van der Waals surface area contributed by atoms with Gasteiger partial charge in [-0.25, -0.2) is 9.78 Å². The first-order valence-corrected chi connectivity index (χ1v) is 8.64. The van der Waals surface area contributed by atoms with Crippen molar-refractivity contribution in [2.75, 3.05) is 0 Å². The molecule has 0 saturated carbocycles. The molecule has 1 aliphatic rings. The highest BCUT2D eigenvalue weighted by molar-refractivity contribution is 6.53. The van der Waals surface area contributed by atoms with E-state index < -0.39 is 5.97 Å². The van der Waals surface area contributed by atoms with E-state index >= 15 is 0 Å². The van der Waals surface area contributed by atoms with E-state index in [0.717, 1.165) is 10.9 Å². The molecule has 0 radical (unpaired) electrons. The molecule has 2 aromatic carbocycles. The van der Waals surface area contributed by atoms with Crippen LogP contribution in [0.2, 0.25) is 20.1 Å². The van der Waals surface area contributed by atoms with Crippen molar-refractivity contribution in [3.05, 3.63) is 73.3 Å². The van der Waals surface area contributed by atoms with E-state index in [-0.39, 0.29) is 31.4 Å². The standard InChI is InChI=1S/C18H7Cl4NO2/c19-14-12-11(25-18(24)13(12)15(20)17(22)16(14)21)7-9-6-5-8-3-1-2-4-10(8)23-9/h1-7H/b11-7+. The van der Waals surface area contributed by atoms with Crippen molar-refractivity contribution < 1.29 is 9.53 Å². The lowest BCUT2D eigenvalue weighted by atomic mass is 10.1. The predicted molar refractivity (Wildman–Crippen MR) is 102 cm³/mol. The smallest absolute Gasteiger partial charge is 0.345 e. The fourth-order valence-corrected chi connectivity index (χ4v) is 3.68. The van der Waals surface area contributed by atoms with E-state index in [1.807, 2.05) is 36.4 Å². The molecule has 3 aromatic rings. The Morgan fingerprint density at radius 2 is 1.52 bits per heavy atom. The summed E-state index contributed by atoms with van der Waals surface area (Å²) in [6.45, 7) is 0. The quantitative estimate of drug-likeness (QED) is 0.260. The third-order valence-electron chi connectivity index (χ3n) is 3.82. The van der Waals surface area contributed by atoms with Crippen molar-refractivity contribution in [2.45, 2.75) is 0 Å². The Balaban J connectivity index is 1.91. The maximum atomic E-state index is 12.2. The summed E-state index contributed by atoms with van der Waals surface area (Å²) in [6.07, 6.45) is 1.61. The summed E-state index contributed by atoms with van der Waals surface area (Å²) in [5.74, 6) is -0.402. The maximum absolute atomic E-state index is 12.2. The molecule has 0 aliphatic carbocycles. The number of hydrogen-bond acceptors (Lipinski definition) is 3. The zero-order chi connectivity index (χ0) is 17.7. The van der Waals surface area contributed by atoms with E-state index in [1.54, 1.807) is 6.08 Å². The van der Waals surface area contributed by atoms with Gasteiger partial charge in [0.05, 0.1) is 42.4 Å². The number of halogens is 4. The minimum atomic E-state index is -0.632. The highest BCUT2D eigenvalue weighted by Gasteiger charge is 2.35. The average Bonchev–Trinajstić information content (AvgIpc) is 2.94. The highest BCUT2D eigenvalue weighted by Crippen LogP contribution is 2.47. The van der Waals surface area contributed by atoms with Crippen LogP contribution in [-0.2, 0) is 4.74 Å². The molecule has 0 atom stereocenters. The van der Waals surface area contributed by atoms with Crippen molar-refractivity contribution in [1.29, 1.82) is 0 Å². The second kappa shape index (κ2) is 6.19. The lowest BCUT2D eigenvalue weighted by molar-refractivity contribution is 0.0717. The molecular weight excluding hydrogens is 404 g/mol. The molecule has 0 fully saturated rings. The minimum absolute atomic E-state index is 0.0194. The van der Waals surface area contributed by atoms with E-state index in [4.69, 9.17) is 51.1 Å². The van der Waals surface area contributed by atoms with Crippen LogP contribution in [0.3, 0.4) is 0 Å². The summed E-state index contributed by atoms with van der Waals surface area (Å²) in [5.41, 5.74) is 1.85. The van der Waals surface area contributed by atoms with Crippen LogP contribution in [0.15, 0.2) is 36.4 Å². The van der Waals surface area contributed by atoms with Crippen LogP contribution in [0.5, 0.6) is 0 Å². The number of ether oxygens (including phenoxy) is 1. The molecule has 124 valence electrons. The van der Waals surface area contributed by atoms with Gasteiger partial charge in [-0.05, 0) is 12.1 Å². The largest absolute Gasteiger partial charge is 0.422 e. The van der Waals surface area contributed by atoms with Crippen LogP contribution in [-0.4, -0.2) is 11.0 Å². The van der Waals surface area contributed by atoms with E-state index in [2.05, 4.69) is 4.98 Å². The van der Waals surface area contributed by atoms with Crippen LogP contribution < -0.4 is 0 Å². The summed E-state index contributed by atoms with van der Waals surface area (Å²) in [4.78, 5) is 16.7. The molecular formula is C18H7Cl4NO2. The Kier molecular flexibility index (Phi) is 4.13. The summed E-state index contributed by atoms with van der Waals surface area (Å²) < 4.78 is 5.32. The van der Waals surface area contributed by atoms with Crippen LogP contribution >= 0.6 is 46.4 Å². The third-order valence-corrected chi connectivity index (χ3v) is 5.62. The second-order valence-electron chi connectivity index (χ2n) is 5.33. The van der Waals surface area contributed by atoms with Crippen molar-refractivity contribution in [3.63, 3.8) is 0 Å². The number of para-hydroxylation sites is 1. The Labute approximate surface area is 162 Å². The van der Waals surface area contributed by atoms with E-state index in [0.29, 0.717) is 11.3 Å². The van der Waals surface area contributed by atoms with Gasteiger partial charge in [0.15, 0.2) is 0 Å². The number of pyridine rings is 1. The van der Waals surface area contributed by atoms with E-state index in [9.17, 15) is 4.79 Å². The van der Waals surface area contributed by atoms with Crippen LogP contribution in [0, 0.1) is 0 Å². The highest BCUT2D eigenvalue weighted by atomic mass is 35.5. The maximum Gasteiger partial charge on any atom is 0.345 e.